The zero-order valence-corrected chi connectivity index (χ0v) is 8.99. The maximum absolute atomic E-state index is 11.0. The van der Waals surface area contributed by atoms with Crippen LogP contribution in [-0.4, -0.2) is 18.9 Å². The van der Waals surface area contributed by atoms with Crippen molar-refractivity contribution < 1.29 is 9.21 Å². The van der Waals surface area contributed by atoms with Gasteiger partial charge in [-0.15, -0.1) is 0 Å². The lowest BCUT2D eigenvalue weighted by Gasteiger charge is -2.17. The van der Waals surface area contributed by atoms with E-state index < -0.39 is 0 Å². The van der Waals surface area contributed by atoms with Crippen LogP contribution in [0.15, 0.2) is 16.5 Å². The summed E-state index contributed by atoms with van der Waals surface area (Å²) in [5, 5.41) is 8.49. The van der Waals surface area contributed by atoms with Crippen molar-refractivity contribution in [2.45, 2.75) is 20.3 Å². The minimum absolute atomic E-state index is 0.0856. The predicted octanol–water partition coefficient (Wildman–Crippen LogP) is 2.22. The summed E-state index contributed by atoms with van der Waals surface area (Å²) in [5.41, 5.74) is 0. The van der Waals surface area contributed by atoms with Crippen LogP contribution in [0.2, 0.25) is 0 Å². The number of nitrogens with zero attached hydrogens (tertiary/aromatic N) is 2. The third-order valence-electron chi connectivity index (χ3n) is 2.13. The number of hydrogen-bond acceptors (Lipinski definition) is 4. The van der Waals surface area contributed by atoms with E-state index in [0.29, 0.717) is 24.6 Å². The largest absolute Gasteiger partial charge is 0.437 e. The molecule has 0 atom stereocenters. The Morgan fingerprint density at radius 1 is 1.60 bits per heavy atom. The highest BCUT2D eigenvalue weighted by Gasteiger charge is 2.11. The molecule has 0 aliphatic rings. The first-order valence-electron chi connectivity index (χ1n) is 4.91. The van der Waals surface area contributed by atoms with Gasteiger partial charge in [-0.25, -0.2) is 0 Å². The summed E-state index contributed by atoms with van der Waals surface area (Å²) >= 11 is 0. The van der Waals surface area contributed by atoms with Crippen molar-refractivity contribution in [2.75, 3.05) is 18.0 Å². The van der Waals surface area contributed by atoms with Crippen molar-refractivity contribution in [3.05, 3.63) is 17.9 Å². The number of hydrogen-bond donors (Lipinski definition) is 0. The molecule has 0 bridgehead atoms. The topological polar surface area (TPSA) is 57.2 Å². The standard InChI is InChI=1S/C11H14N2O2/c1-3-13(8-4-7-12)11-6-5-10(15-11)9(2)14/h5-6H,3-4,8H2,1-2H3. The van der Waals surface area contributed by atoms with E-state index in [1.165, 1.54) is 6.92 Å². The van der Waals surface area contributed by atoms with Gasteiger partial charge in [0.1, 0.15) is 0 Å². The molecule has 1 rings (SSSR count). The predicted molar refractivity (Wildman–Crippen MR) is 56.8 cm³/mol. The van der Waals surface area contributed by atoms with Gasteiger partial charge in [-0.3, -0.25) is 4.79 Å². The van der Waals surface area contributed by atoms with Gasteiger partial charge in [-0.1, -0.05) is 0 Å². The number of carbonyl (C=O) groups is 1. The Morgan fingerprint density at radius 2 is 2.33 bits per heavy atom. The fourth-order valence-electron chi connectivity index (χ4n) is 1.30. The van der Waals surface area contributed by atoms with Crippen LogP contribution >= 0.6 is 0 Å². The molecule has 0 amide bonds. The molecule has 0 aliphatic carbocycles. The molecule has 1 heterocycles. The molecule has 0 aromatic carbocycles. The minimum atomic E-state index is -0.0856. The molecule has 0 unspecified atom stereocenters. The number of carbonyl (C=O) groups excluding carboxylic acids is 1. The van der Waals surface area contributed by atoms with Gasteiger partial charge in [-0.05, 0) is 13.0 Å². The average Bonchev–Trinajstić information content (AvgIpc) is 2.68. The second-order valence-corrected chi connectivity index (χ2v) is 3.18. The molecule has 0 N–H and O–H groups in total. The lowest BCUT2D eigenvalue weighted by atomic mass is 10.3. The summed E-state index contributed by atoms with van der Waals surface area (Å²) in [7, 11) is 0. The van der Waals surface area contributed by atoms with Crippen molar-refractivity contribution >= 4 is 11.7 Å². The Morgan fingerprint density at radius 3 is 2.80 bits per heavy atom. The molecular formula is C11H14N2O2. The van der Waals surface area contributed by atoms with Gasteiger partial charge in [0.2, 0.25) is 0 Å². The Labute approximate surface area is 89.1 Å². The van der Waals surface area contributed by atoms with E-state index in [-0.39, 0.29) is 5.78 Å². The van der Waals surface area contributed by atoms with Gasteiger partial charge in [0, 0.05) is 26.1 Å². The van der Waals surface area contributed by atoms with Crippen LogP contribution in [-0.2, 0) is 0 Å². The molecular weight excluding hydrogens is 192 g/mol. The number of furan rings is 1. The zero-order valence-electron chi connectivity index (χ0n) is 8.99. The summed E-state index contributed by atoms with van der Waals surface area (Å²) in [6.07, 6.45) is 0.448. The molecule has 0 saturated carbocycles. The third kappa shape index (κ3) is 2.84. The fraction of sp³-hybridized carbons (Fsp3) is 0.455. The lowest BCUT2D eigenvalue weighted by molar-refractivity contribution is 0.0988. The van der Waals surface area contributed by atoms with Gasteiger partial charge in [0.25, 0.3) is 0 Å². The van der Waals surface area contributed by atoms with Crippen molar-refractivity contribution in [3.8, 4) is 6.07 Å². The first kappa shape index (κ1) is 11.3. The quantitative estimate of drug-likeness (QED) is 0.693. The molecule has 0 aliphatic heterocycles. The normalized spacial score (nSPS) is 9.67. The zero-order chi connectivity index (χ0) is 11.3. The maximum Gasteiger partial charge on any atom is 0.196 e. The first-order chi connectivity index (χ1) is 7.19. The van der Waals surface area contributed by atoms with Gasteiger partial charge >= 0.3 is 0 Å². The molecule has 15 heavy (non-hydrogen) atoms. The van der Waals surface area contributed by atoms with E-state index in [4.69, 9.17) is 9.68 Å². The lowest BCUT2D eigenvalue weighted by Crippen LogP contribution is -2.22. The Hall–Kier alpha value is -1.76. The van der Waals surface area contributed by atoms with E-state index in [2.05, 4.69) is 6.07 Å². The van der Waals surface area contributed by atoms with E-state index in [1.54, 1.807) is 12.1 Å². The van der Waals surface area contributed by atoms with Gasteiger partial charge in [-0.2, -0.15) is 5.26 Å². The van der Waals surface area contributed by atoms with Crippen LogP contribution in [0.3, 0.4) is 0 Å². The van der Waals surface area contributed by atoms with Gasteiger partial charge < -0.3 is 9.32 Å². The van der Waals surface area contributed by atoms with Gasteiger partial charge in [0.15, 0.2) is 17.4 Å². The molecule has 0 spiro atoms. The number of anilines is 1. The second-order valence-electron chi connectivity index (χ2n) is 3.18. The van der Waals surface area contributed by atoms with E-state index in [0.717, 1.165) is 6.54 Å². The molecule has 0 fully saturated rings. The summed E-state index contributed by atoms with van der Waals surface area (Å²) < 4.78 is 5.36. The van der Waals surface area contributed by atoms with Crippen LogP contribution in [0.25, 0.3) is 0 Å². The van der Waals surface area contributed by atoms with Crippen molar-refractivity contribution in [1.29, 1.82) is 5.26 Å². The SMILES string of the molecule is CCN(CCC#N)c1ccc(C(C)=O)o1. The Kier molecular flexibility index (Phi) is 3.92. The van der Waals surface area contributed by atoms with Crippen molar-refractivity contribution in [2.24, 2.45) is 0 Å². The molecule has 4 nitrogen and oxygen atoms in total. The Balaban J connectivity index is 2.74. The maximum atomic E-state index is 11.0. The van der Waals surface area contributed by atoms with E-state index >= 15 is 0 Å². The van der Waals surface area contributed by atoms with Crippen LogP contribution in [0, 0.1) is 11.3 Å². The van der Waals surface area contributed by atoms with Crippen molar-refractivity contribution in [3.63, 3.8) is 0 Å². The third-order valence-corrected chi connectivity index (χ3v) is 2.13. The highest BCUT2D eigenvalue weighted by Crippen LogP contribution is 2.18. The number of Topliss-reactive ketones (excluding diaryl/α,β-unsaturated/α-hetero) is 1. The first-order valence-corrected chi connectivity index (χ1v) is 4.91. The summed E-state index contributed by atoms with van der Waals surface area (Å²) in [4.78, 5) is 12.9. The summed E-state index contributed by atoms with van der Waals surface area (Å²) in [6, 6.07) is 5.50. The van der Waals surface area contributed by atoms with E-state index in [1.807, 2.05) is 11.8 Å². The van der Waals surface area contributed by atoms with E-state index in [9.17, 15) is 4.79 Å². The van der Waals surface area contributed by atoms with Crippen molar-refractivity contribution in [1.82, 2.24) is 0 Å². The smallest absolute Gasteiger partial charge is 0.196 e. The van der Waals surface area contributed by atoms with Crippen LogP contribution in [0.5, 0.6) is 0 Å². The molecule has 0 saturated heterocycles. The molecule has 0 radical (unpaired) electrons. The highest BCUT2D eigenvalue weighted by molar-refractivity contribution is 5.91. The number of rotatable bonds is 5. The number of ketones is 1. The van der Waals surface area contributed by atoms with Crippen LogP contribution in [0.1, 0.15) is 30.8 Å². The Bertz CT molecular complexity index is 376. The minimum Gasteiger partial charge on any atom is -0.437 e. The average molecular weight is 206 g/mol. The molecule has 4 heteroatoms. The summed E-state index contributed by atoms with van der Waals surface area (Å²) in [6.45, 7) is 4.83. The highest BCUT2D eigenvalue weighted by atomic mass is 16.4. The number of nitriles is 1. The van der Waals surface area contributed by atoms with Gasteiger partial charge in [0.05, 0.1) is 12.5 Å². The second kappa shape index (κ2) is 5.20. The fourth-order valence-corrected chi connectivity index (χ4v) is 1.30. The molecule has 1 aromatic heterocycles. The monoisotopic (exact) mass is 206 g/mol. The molecule has 1 aromatic rings. The van der Waals surface area contributed by atoms with Crippen LogP contribution in [0.4, 0.5) is 5.88 Å². The summed E-state index contributed by atoms with van der Waals surface area (Å²) in [5.74, 6) is 0.927. The van der Waals surface area contributed by atoms with Crippen LogP contribution < -0.4 is 4.90 Å². The molecule has 80 valence electrons.